The highest BCUT2D eigenvalue weighted by molar-refractivity contribution is 6.32. The highest BCUT2D eigenvalue weighted by Gasteiger charge is 2.19. The summed E-state index contributed by atoms with van der Waals surface area (Å²) in [7, 11) is 1.64. The second-order valence-electron chi connectivity index (χ2n) is 6.32. The predicted octanol–water partition coefficient (Wildman–Crippen LogP) is 5.32. The highest BCUT2D eigenvalue weighted by Crippen LogP contribution is 2.26. The van der Waals surface area contributed by atoms with Crippen LogP contribution in [-0.2, 0) is 6.54 Å². The summed E-state index contributed by atoms with van der Waals surface area (Å²) in [5.41, 5.74) is 2.13. The molecule has 1 aromatic carbocycles. The van der Waals surface area contributed by atoms with E-state index < -0.39 is 0 Å². The topological polar surface area (TPSA) is 25.4 Å². The smallest absolute Gasteiger partial charge is 0.217 e. The summed E-state index contributed by atoms with van der Waals surface area (Å²) in [4.78, 5) is 6.67. The second-order valence-corrected chi connectivity index (χ2v) is 7.16. The average Bonchev–Trinajstić information content (AvgIpc) is 2.62. The Morgan fingerprint density at radius 2 is 2.00 bits per heavy atom. The SMILES string of the molecule is COc1ncc(Cl)cc1CN1CCC(/C=C/c2ccccc2Cl)CC1. The zero-order chi connectivity index (χ0) is 17.6. The molecule has 0 bridgehead atoms. The molecule has 0 saturated carbocycles. The number of hydrogen-bond acceptors (Lipinski definition) is 3. The fourth-order valence-electron chi connectivity index (χ4n) is 3.16. The van der Waals surface area contributed by atoms with Crippen LogP contribution in [0.2, 0.25) is 10.0 Å². The maximum Gasteiger partial charge on any atom is 0.217 e. The Morgan fingerprint density at radius 3 is 2.72 bits per heavy atom. The minimum atomic E-state index is 0.590. The number of likely N-dealkylation sites (tertiary alicyclic amines) is 1. The summed E-state index contributed by atoms with van der Waals surface area (Å²) < 4.78 is 5.34. The summed E-state index contributed by atoms with van der Waals surface area (Å²) in [5.74, 6) is 1.25. The normalized spacial score (nSPS) is 16.4. The van der Waals surface area contributed by atoms with Gasteiger partial charge in [0.2, 0.25) is 5.88 Å². The molecule has 0 N–H and O–H groups in total. The third kappa shape index (κ3) is 4.97. The quantitative estimate of drug-likeness (QED) is 0.705. The van der Waals surface area contributed by atoms with Crippen LogP contribution >= 0.6 is 23.2 Å². The fraction of sp³-hybridized carbons (Fsp3) is 0.350. The zero-order valence-electron chi connectivity index (χ0n) is 14.3. The molecule has 3 nitrogen and oxygen atoms in total. The van der Waals surface area contributed by atoms with Crippen LogP contribution in [0.4, 0.5) is 0 Å². The van der Waals surface area contributed by atoms with E-state index in [2.05, 4.69) is 22.0 Å². The molecule has 0 radical (unpaired) electrons. The molecule has 1 aliphatic heterocycles. The first kappa shape index (κ1) is 18.2. The van der Waals surface area contributed by atoms with Crippen molar-refractivity contribution in [3.8, 4) is 5.88 Å². The number of rotatable bonds is 5. The summed E-state index contributed by atoms with van der Waals surface area (Å²) in [6.45, 7) is 2.91. The molecule has 1 aromatic heterocycles. The molecule has 132 valence electrons. The van der Waals surface area contributed by atoms with Gasteiger partial charge in [0, 0.05) is 23.3 Å². The molecule has 0 aliphatic carbocycles. The van der Waals surface area contributed by atoms with Crippen LogP contribution in [0.25, 0.3) is 6.08 Å². The fourth-order valence-corrected chi connectivity index (χ4v) is 3.54. The molecule has 1 aliphatic rings. The van der Waals surface area contributed by atoms with Crippen LogP contribution in [0.15, 0.2) is 42.6 Å². The number of allylic oxidation sites excluding steroid dienone is 1. The van der Waals surface area contributed by atoms with Crippen molar-refractivity contribution in [3.05, 3.63) is 63.8 Å². The zero-order valence-corrected chi connectivity index (χ0v) is 15.8. The molecule has 1 saturated heterocycles. The van der Waals surface area contributed by atoms with E-state index in [0.717, 1.165) is 48.6 Å². The van der Waals surface area contributed by atoms with E-state index in [1.54, 1.807) is 13.3 Å². The molecule has 0 spiro atoms. The van der Waals surface area contributed by atoms with Gasteiger partial charge in [0.05, 0.1) is 12.1 Å². The maximum atomic E-state index is 6.21. The third-order valence-electron chi connectivity index (χ3n) is 4.56. The third-order valence-corrected chi connectivity index (χ3v) is 5.12. The molecule has 3 rings (SSSR count). The molecule has 1 fully saturated rings. The molecular formula is C20H22Cl2N2O. The average molecular weight is 377 g/mol. The van der Waals surface area contributed by atoms with Crippen molar-refractivity contribution in [2.24, 2.45) is 5.92 Å². The standard InChI is InChI=1S/C20H22Cl2N2O/c1-25-20-17(12-18(21)13-23-20)14-24-10-8-15(9-11-24)6-7-16-4-2-3-5-19(16)22/h2-7,12-13,15H,8-11,14H2,1H3/b7-6+. The minimum Gasteiger partial charge on any atom is -0.481 e. The molecule has 2 heterocycles. The number of methoxy groups -OCH3 is 1. The van der Waals surface area contributed by atoms with E-state index >= 15 is 0 Å². The van der Waals surface area contributed by atoms with Crippen molar-refractivity contribution in [3.63, 3.8) is 0 Å². The van der Waals surface area contributed by atoms with Crippen LogP contribution in [0.1, 0.15) is 24.0 Å². The monoisotopic (exact) mass is 376 g/mol. The lowest BCUT2D eigenvalue weighted by molar-refractivity contribution is 0.193. The van der Waals surface area contributed by atoms with Gasteiger partial charge >= 0.3 is 0 Å². The number of piperidine rings is 1. The Morgan fingerprint density at radius 1 is 1.24 bits per heavy atom. The van der Waals surface area contributed by atoms with E-state index in [4.69, 9.17) is 27.9 Å². The van der Waals surface area contributed by atoms with Gasteiger partial charge in [0.15, 0.2) is 0 Å². The lowest BCUT2D eigenvalue weighted by Crippen LogP contribution is -2.32. The van der Waals surface area contributed by atoms with Gasteiger partial charge in [-0.3, -0.25) is 4.90 Å². The van der Waals surface area contributed by atoms with Crippen LogP contribution in [0, 0.1) is 5.92 Å². The number of pyridine rings is 1. The number of ether oxygens (including phenoxy) is 1. The molecule has 0 unspecified atom stereocenters. The predicted molar refractivity (Wildman–Crippen MR) is 104 cm³/mol. The van der Waals surface area contributed by atoms with Crippen molar-refractivity contribution in [2.45, 2.75) is 19.4 Å². The molecular weight excluding hydrogens is 355 g/mol. The molecule has 0 atom stereocenters. The lowest BCUT2D eigenvalue weighted by Gasteiger charge is -2.30. The van der Waals surface area contributed by atoms with Gasteiger partial charge in [-0.05, 0) is 49.5 Å². The summed E-state index contributed by atoms with van der Waals surface area (Å²) in [6.07, 6.45) is 8.33. The number of nitrogens with zero attached hydrogens (tertiary/aromatic N) is 2. The lowest BCUT2D eigenvalue weighted by atomic mass is 9.95. The summed E-state index contributed by atoms with van der Waals surface area (Å²) >= 11 is 12.3. The largest absolute Gasteiger partial charge is 0.481 e. The van der Waals surface area contributed by atoms with Crippen molar-refractivity contribution in [1.82, 2.24) is 9.88 Å². The number of halogens is 2. The van der Waals surface area contributed by atoms with Crippen molar-refractivity contribution in [2.75, 3.05) is 20.2 Å². The summed E-state index contributed by atoms with van der Waals surface area (Å²) in [5, 5.41) is 1.45. The van der Waals surface area contributed by atoms with E-state index in [1.165, 1.54) is 0 Å². The van der Waals surface area contributed by atoms with Crippen molar-refractivity contribution in [1.29, 1.82) is 0 Å². The van der Waals surface area contributed by atoms with E-state index in [-0.39, 0.29) is 0 Å². The first-order valence-corrected chi connectivity index (χ1v) is 9.25. The van der Waals surface area contributed by atoms with Gasteiger partial charge in [0.25, 0.3) is 0 Å². The van der Waals surface area contributed by atoms with Gasteiger partial charge in [-0.15, -0.1) is 0 Å². The molecule has 2 aromatic rings. The first-order valence-electron chi connectivity index (χ1n) is 8.49. The van der Waals surface area contributed by atoms with Crippen molar-refractivity contribution >= 4 is 29.3 Å². The molecule has 25 heavy (non-hydrogen) atoms. The number of aromatic nitrogens is 1. The van der Waals surface area contributed by atoms with Crippen LogP contribution in [0.5, 0.6) is 5.88 Å². The Hall–Kier alpha value is -1.55. The van der Waals surface area contributed by atoms with Gasteiger partial charge in [-0.25, -0.2) is 4.98 Å². The Labute approximate surface area is 159 Å². The van der Waals surface area contributed by atoms with Crippen molar-refractivity contribution < 1.29 is 4.74 Å². The first-order chi connectivity index (χ1) is 12.2. The Balaban J connectivity index is 1.56. The number of hydrogen-bond donors (Lipinski definition) is 0. The van der Waals surface area contributed by atoms with E-state index in [1.807, 2.05) is 30.3 Å². The molecule has 5 heteroatoms. The van der Waals surface area contributed by atoms with Gasteiger partial charge in [-0.2, -0.15) is 0 Å². The highest BCUT2D eigenvalue weighted by atomic mass is 35.5. The van der Waals surface area contributed by atoms with Gasteiger partial charge in [0.1, 0.15) is 0 Å². The number of benzene rings is 1. The summed E-state index contributed by atoms with van der Waals surface area (Å²) in [6, 6.07) is 9.89. The van der Waals surface area contributed by atoms with Gasteiger partial charge < -0.3 is 4.74 Å². The van der Waals surface area contributed by atoms with E-state index in [9.17, 15) is 0 Å². The van der Waals surface area contributed by atoms with Crippen LogP contribution in [0.3, 0.4) is 0 Å². The molecule has 0 amide bonds. The Kier molecular flexibility index (Phi) is 6.35. The second kappa shape index (κ2) is 8.70. The Bertz CT molecular complexity index is 740. The van der Waals surface area contributed by atoms with Crippen LogP contribution in [-0.4, -0.2) is 30.1 Å². The van der Waals surface area contributed by atoms with E-state index in [0.29, 0.717) is 16.8 Å². The van der Waals surface area contributed by atoms with Crippen LogP contribution < -0.4 is 4.74 Å². The minimum absolute atomic E-state index is 0.590. The maximum absolute atomic E-state index is 6.21. The van der Waals surface area contributed by atoms with Gasteiger partial charge in [-0.1, -0.05) is 53.6 Å².